The quantitative estimate of drug-likeness (QED) is 0.868. The Labute approximate surface area is 124 Å². The van der Waals surface area contributed by atoms with Crippen LogP contribution in [0.25, 0.3) is 0 Å². The van der Waals surface area contributed by atoms with Gasteiger partial charge in [-0.2, -0.15) is 0 Å². The molecule has 0 amide bonds. The maximum Gasteiger partial charge on any atom is 0.125 e. The molecule has 0 spiro atoms. The number of ether oxygens (including phenoxy) is 1. The zero-order chi connectivity index (χ0) is 14.0. The molecule has 106 valence electrons. The van der Waals surface area contributed by atoms with E-state index >= 15 is 0 Å². The molecule has 1 aromatic rings. The van der Waals surface area contributed by atoms with Crippen LogP contribution in [0.5, 0.6) is 5.75 Å². The summed E-state index contributed by atoms with van der Waals surface area (Å²) in [6.45, 7) is 7.10. The molecular weight excluding hydrogens is 304 g/mol. The first-order valence-electron chi connectivity index (χ1n) is 7.06. The van der Waals surface area contributed by atoms with Gasteiger partial charge in [-0.3, -0.25) is 0 Å². The van der Waals surface area contributed by atoms with Crippen molar-refractivity contribution in [2.45, 2.75) is 46.1 Å². The molecule has 1 aliphatic rings. The van der Waals surface area contributed by atoms with Gasteiger partial charge in [-0.25, -0.2) is 0 Å². The SMILES string of the molecule is CCOc1ccc(Br)cc1C(O)C1CCCC1(C)C. The number of hydrogen-bond acceptors (Lipinski definition) is 2. The lowest BCUT2D eigenvalue weighted by molar-refractivity contribution is 0.0509. The van der Waals surface area contributed by atoms with Gasteiger partial charge >= 0.3 is 0 Å². The molecule has 0 radical (unpaired) electrons. The normalized spacial score (nSPS) is 23.3. The van der Waals surface area contributed by atoms with Crippen molar-refractivity contribution in [3.63, 3.8) is 0 Å². The van der Waals surface area contributed by atoms with Crippen LogP contribution in [0.4, 0.5) is 0 Å². The van der Waals surface area contributed by atoms with Crippen molar-refractivity contribution in [3.05, 3.63) is 28.2 Å². The summed E-state index contributed by atoms with van der Waals surface area (Å²) >= 11 is 3.49. The maximum atomic E-state index is 10.8. The van der Waals surface area contributed by atoms with Gasteiger partial charge in [-0.05, 0) is 49.3 Å². The van der Waals surface area contributed by atoms with Crippen molar-refractivity contribution in [2.75, 3.05) is 6.61 Å². The van der Waals surface area contributed by atoms with Gasteiger partial charge in [0.1, 0.15) is 5.75 Å². The highest BCUT2D eigenvalue weighted by atomic mass is 79.9. The van der Waals surface area contributed by atoms with Gasteiger partial charge in [0.25, 0.3) is 0 Å². The second kappa shape index (κ2) is 5.84. The number of rotatable bonds is 4. The minimum atomic E-state index is -0.448. The monoisotopic (exact) mass is 326 g/mol. The minimum Gasteiger partial charge on any atom is -0.493 e. The van der Waals surface area contributed by atoms with Crippen molar-refractivity contribution >= 4 is 15.9 Å². The van der Waals surface area contributed by atoms with Crippen LogP contribution in [0.3, 0.4) is 0 Å². The van der Waals surface area contributed by atoms with E-state index in [-0.39, 0.29) is 5.41 Å². The molecular formula is C16H23BrO2. The predicted molar refractivity (Wildman–Crippen MR) is 81.4 cm³/mol. The largest absolute Gasteiger partial charge is 0.493 e. The molecule has 2 rings (SSSR count). The van der Waals surface area contributed by atoms with E-state index in [2.05, 4.69) is 29.8 Å². The van der Waals surface area contributed by atoms with Crippen LogP contribution < -0.4 is 4.74 Å². The van der Waals surface area contributed by atoms with Gasteiger partial charge in [-0.15, -0.1) is 0 Å². The van der Waals surface area contributed by atoms with Gasteiger partial charge in [0.05, 0.1) is 12.7 Å². The average Bonchev–Trinajstić information content (AvgIpc) is 2.70. The first-order valence-corrected chi connectivity index (χ1v) is 7.85. The van der Waals surface area contributed by atoms with E-state index in [0.717, 1.165) is 22.2 Å². The second-order valence-corrected chi connectivity index (χ2v) is 6.96. The molecule has 1 saturated carbocycles. The third-order valence-electron chi connectivity index (χ3n) is 4.31. The lowest BCUT2D eigenvalue weighted by atomic mass is 9.76. The van der Waals surface area contributed by atoms with Crippen molar-refractivity contribution in [2.24, 2.45) is 11.3 Å². The van der Waals surface area contributed by atoms with Crippen LogP contribution in [-0.2, 0) is 0 Å². The lowest BCUT2D eigenvalue weighted by Crippen LogP contribution is -2.24. The van der Waals surface area contributed by atoms with E-state index in [9.17, 15) is 5.11 Å². The Kier molecular flexibility index (Phi) is 4.57. The lowest BCUT2D eigenvalue weighted by Gasteiger charge is -2.32. The van der Waals surface area contributed by atoms with E-state index in [1.165, 1.54) is 12.8 Å². The number of aliphatic hydroxyl groups excluding tert-OH is 1. The Morgan fingerprint density at radius 2 is 2.21 bits per heavy atom. The Bertz CT molecular complexity index is 442. The topological polar surface area (TPSA) is 29.5 Å². The minimum absolute atomic E-state index is 0.200. The van der Waals surface area contributed by atoms with Gasteiger partial charge in [0, 0.05) is 10.0 Å². The van der Waals surface area contributed by atoms with Crippen molar-refractivity contribution < 1.29 is 9.84 Å². The van der Waals surface area contributed by atoms with E-state index in [0.29, 0.717) is 12.5 Å². The molecule has 0 heterocycles. The van der Waals surface area contributed by atoms with Gasteiger partial charge in [0.15, 0.2) is 0 Å². The third kappa shape index (κ3) is 3.14. The molecule has 1 N–H and O–H groups in total. The fraction of sp³-hybridized carbons (Fsp3) is 0.625. The molecule has 3 heteroatoms. The number of halogens is 1. The molecule has 1 aliphatic carbocycles. The van der Waals surface area contributed by atoms with Crippen LogP contribution in [0.1, 0.15) is 51.7 Å². The summed E-state index contributed by atoms with van der Waals surface area (Å²) in [4.78, 5) is 0. The van der Waals surface area contributed by atoms with Crippen LogP contribution in [0.2, 0.25) is 0 Å². The van der Waals surface area contributed by atoms with Crippen molar-refractivity contribution in [3.8, 4) is 5.75 Å². The maximum absolute atomic E-state index is 10.8. The molecule has 2 unspecified atom stereocenters. The first kappa shape index (κ1) is 14.9. The van der Waals surface area contributed by atoms with Gasteiger partial charge in [0.2, 0.25) is 0 Å². The van der Waals surface area contributed by atoms with Crippen LogP contribution in [0.15, 0.2) is 22.7 Å². The Morgan fingerprint density at radius 3 is 2.79 bits per heavy atom. The molecule has 2 nitrogen and oxygen atoms in total. The van der Waals surface area contributed by atoms with E-state index in [1.54, 1.807) is 0 Å². The molecule has 0 saturated heterocycles. The van der Waals surface area contributed by atoms with E-state index in [4.69, 9.17) is 4.74 Å². The highest BCUT2D eigenvalue weighted by molar-refractivity contribution is 9.10. The highest BCUT2D eigenvalue weighted by Gasteiger charge is 2.40. The fourth-order valence-electron chi connectivity index (χ4n) is 3.19. The van der Waals surface area contributed by atoms with Crippen molar-refractivity contribution in [1.82, 2.24) is 0 Å². The highest BCUT2D eigenvalue weighted by Crippen LogP contribution is 2.50. The number of hydrogen-bond donors (Lipinski definition) is 1. The molecule has 1 fully saturated rings. The van der Waals surface area contributed by atoms with Crippen LogP contribution >= 0.6 is 15.9 Å². The smallest absolute Gasteiger partial charge is 0.125 e. The zero-order valence-corrected chi connectivity index (χ0v) is 13.5. The summed E-state index contributed by atoms with van der Waals surface area (Å²) in [5.74, 6) is 1.11. The molecule has 0 aliphatic heterocycles. The summed E-state index contributed by atoms with van der Waals surface area (Å²) < 4.78 is 6.65. The van der Waals surface area contributed by atoms with Crippen LogP contribution in [-0.4, -0.2) is 11.7 Å². The molecule has 19 heavy (non-hydrogen) atoms. The first-order chi connectivity index (χ1) is 8.95. The van der Waals surface area contributed by atoms with E-state index in [1.807, 2.05) is 25.1 Å². The zero-order valence-electron chi connectivity index (χ0n) is 11.9. The molecule has 2 atom stereocenters. The summed E-state index contributed by atoms with van der Waals surface area (Å²) in [5.41, 5.74) is 1.11. The fourth-order valence-corrected chi connectivity index (χ4v) is 3.57. The summed E-state index contributed by atoms with van der Waals surface area (Å²) in [7, 11) is 0. The summed E-state index contributed by atoms with van der Waals surface area (Å²) in [6, 6.07) is 5.89. The summed E-state index contributed by atoms with van der Waals surface area (Å²) in [5, 5.41) is 10.8. The summed E-state index contributed by atoms with van der Waals surface area (Å²) in [6.07, 6.45) is 3.03. The number of aliphatic hydroxyl groups is 1. The van der Waals surface area contributed by atoms with Crippen LogP contribution in [0, 0.1) is 11.3 Å². The number of benzene rings is 1. The van der Waals surface area contributed by atoms with Crippen molar-refractivity contribution in [1.29, 1.82) is 0 Å². The Hall–Kier alpha value is -0.540. The Morgan fingerprint density at radius 1 is 1.47 bits per heavy atom. The molecule has 0 aromatic heterocycles. The standard InChI is InChI=1S/C16H23BrO2/c1-4-19-14-8-7-11(17)10-12(14)15(18)13-6-5-9-16(13,2)3/h7-8,10,13,15,18H,4-6,9H2,1-3H3. The molecule has 1 aromatic carbocycles. The van der Waals surface area contributed by atoms with Gasteiger partial charge in [-0.1, -0.05) is 36.2 Å². The van der Waals surface area contributed by atoms with E-state index < -0.39 is 6.10 Å². The predicted octanol–water partition coefficient (Wildman–Crippen LogP) is 4.71. The second-order valence-electron chi connectivity index (χ2n) is 6.05. The Balaban J connectivity index is 2.32. The third-order valence-corrected chi connectivity index (χ3v) is 4.80. The average molecular weight is 327 g/mol. The van der Waals surface area contributed by atoms with Gasteiger partial charge < -0.3 is 9.84 Å². The molecule has 0 bridgehead atoms.